The molecule has 2 aromatic rings. The monoisotopic (exact) mass is 391 g/mol. The molecule has 2 amide bonds. The molecule has 7 heteroatoms. The van der Waals surface area contributed by atoms with Crippen LogP contribution in [-0.4, -0.2) is 48.7 Å². The van der Waals surface area contributed by atoms with Crippen LogP contribution >= 0.6 is 0 Å². The molecule has 0 radical (unpaired) electrons. The van der Waals surface area contributed by atoms with E-state index >= 15 is 0 Å². The number of amides is 2. The first-order chi connectivity index (χ1) is 14.2. The van der Waals surface area contributed by atoms with Crippen molar-refractivity contribution in [3.05, 3.63) is 66.2 Å². The number of likely N-dealkylation sites (tertiary alicyclic amines) is 1. The van der Waals surface area contributed by atoms with Gasteiger partial charge in [0, 0.05) is 6.54 Å². The number of amidine groups is 1. The third-order valence-electron chi connectivity index (χ3n) is 5.29. The van der Waals surface area contributed by atoms with E-state index in [1.54, 1.807) is 0 Å². The van der Waals surface area contributed by atoms with E-state index in [2.05, 4.69) is 32.8 Å². The number of hydrogen-bond donors (Lipinski definition) is 2. The number of rotatable bonds is 6. The number of para-hydroxylation sites is 1. The highest BCUT2D eigenvalue weighted by Crippen LogP contribution is 2.24. The van der Waals surface area contributed by atoms with E-state index in [-0.39, 0.29) is 30.2 Å². The lowest BCUT2D eigenvalue weighted by Gasteiger charge is -2.30. The Morgan fingerprint density at radius 2 is 1.69 bits per heavy atom. The van der Waals surface area contributed by atoms with Gasteiger partial charge in [0.15, 0.2) is 0 Å². The van der Waals surface area contributed by atoms with Crippen LogP contribution in [0.25, 0.3) is 0 Å². The molecule has 2 heterocycles. The molecular formula is C22H25N5O2. The van der Waals surface area contributed by atoms with Crippen molar-refractivity contribution in [3.63, 3.8) is 0 Å². The zero-order chi connectivity index (χ0) is 20.1. The van der Waals surface area contributed by atoms with E-state index in [1.165, 1.54) is 23.4 Å². The van der Waals surface area contributed by atoms with E-state index in [1.807, 2.05) is 48.5 Å². The van der Waals surface area contributed by atoms with Crippen LogP contribution in [0.2, 0.25) is 0 Å². The van der Waals surface area contributed by atoms with Gasteiger partial charge in [-0.05, 0) is 43.6 Å². The van der Waals surface area contributed by atoms with Crippen LogP contribution < -0.4 is 15.8 Å². The normalized spacial score (nSPS) is 18.1. The average Bonchev–Trinajstić information content (AvgIpc) is 3.30. The van der Waals surface area contributed by atoms with E-state index < -0.39 is 0 Å². The minimum Gasteiger partial charge on any atom is -0.347 e. The summed E-state index contributed by atoms with van der Waals surface area (Å²) in [6.07, 6.45) is 2.36. The largest absolute Gasteiger partial charge is 0.347 e. The smallest absolute Gasteiger partial charge is 0.288 e. The van der Waals surface area contributed by atoms with Gasteiger partial charge in [-0.2, -0.15) is 0 Å². The third-order valence-corrected chi connectivity index (χ3v) is 5.29. The molecule has 0 aromatic heterocycles. The zero-order valence-corrected chi connectivity index (χ0v) is 16.3. The first kappa shape index (κ1) is 19.1. The Labute approximate surface area is 170 Å². The number of anilines is 1. The molecule has 1 fully saturated rings. The second-order valence-corrected chi connectivity index (χ2v) is 7.22. The fraction of sp³-hybridized carbons (Fsp3) is 0.318. The SMILES string of the molecule is O=C(NC[C@@H](c1ccccc1)N1CCCC1)C1=NCC(=O)N(c2ccccc2)N1. The first-order valence-corrected chi connectivity index (χ1v) is 9.98. The second-order valence-electron chi connectivity index (χ2n) is 7.22. The number of nitrogens with zero attached hydrogens (tertiary/aromatic N) is 3. The summed E-state index contributed by atoms with van der Waals surface area (Å²) in [7, 11) is 0. The summed E-state index contributed by atoms with van der Waals surface area (Å²) in [6, 6.07) is 19.6. The van der Waals surface area contributed by atoms with Crippen LogP contribution in [-0.2, 0) is 9.59 Å². The highest BCUT2D eigenvalue weighted by molar-refractivity contribution is 6.39. The van der Waals surface area contributed by atoms with Crippen LogP contribution in [0.1, 0.15) is 24.4 Å². The molecule has 7 nitrogen and oxygen atoms in total. The van der Waals surface area contributed by atoms with Crippen molar-refractivity contribution in [2.75, 3.05) is 31.2 Å². The van der Waals surface area contributed by atoms with Gasteiger partial charge in [0.2, 0.25) is 5.84 Å². The Kier molecular flexibility index (Phi) is 5.86. The summed E-state index contributed by atoms with van der Waals surface area (Å²) in [4.78, 5) is 31.5. The first-order valence-electron chi connectivity index (χ1n) is 9.98. The standard InChI is InChI=1S/C22H25N5O2/c28-20-16-23-21(25-27(20)18-11-5-2-6-12-18)22(29)24-15-19(26-13-7-8-14-26)17-9-3-1-4-10-17/h1-6,9-12,19H,7-8,13-16H2,(H,23,25)(H,24,29)/t19-/m0/s1. The van der Waals surface area contributed by atoms with Crippen molar-refractivity contribution in [1.29, 1.82) is 0 Å². The van der Waals surface area contributed by atoms with Gasteiger partial charge in [-0.3, -0.25) is 24.9 Å². The molecule has 0 saturated carbocycles. The molecular weight excluding hydrogens is 366 g/mol. The fourth-order valence-corrected chi connectivity index (χ4v) is 3.79. The Hall–Kier alpha value is -3.19. The molecule has 150 valence electrons. The van der Waals surface area contributed by atoms with Crippen LogP contribution in [0, 0.1) is 0 Å². The Balaban J connectivity index is 1.43. The third kappa shape index (κ3) is 4.46. The Bertz CT molecular complexity index is 879. The molecule has 1 atom stereocenters. The van der Waals surface area contributed by atoms with Crippen molar-refractivity contribution in [2.24, 2.45) is 4.99 Å². The Morgan fingerprint density at radius 3 is 2.38 bits per heavy atom. The molecule has 0 aliphatic carbocycles. The van der Waals surface area contributed by atoms with E-state index in [4.69, 9.17) is 0 Å². The predicted molar refractivity (Wildman–Crippen MR) is 112 cm³/mol. The van der Waals surface area contributed by atoms with Crippen molar-refractivity contribution >= 4 is 23.3 Å². The van der Waals surface area contributed by atoms with Gasteiger partial charge in [-0.1, -0.05) is 48.5 Å². The molecule has 4 rings (SSSR count). The number of aliphatic imine (C=N–C) groups is 1. The summed E-state index contributed by atoms with van der Waals surface area (Å²) < 4.78 is 0. The van der Waals surface area contributed by atoms with Gasteiger partial charge in [0.25, 0.3) is 11.8 Å². The van der Waals surface area contributed by atoms with Crippen molar-refractivity contribution < 1.29 is 9.59 Å². The summed E-state index contributed by atoms with van der Waals surface area (Å²) >= 11 is 0. The summed E-state index contributed by atoms with van der Waals surface area (Å²) in [5.41, 5.74) is 4.73. The summed E-state index contributed by atoms with van der Waals surface area (Å²) in [5.74, 6) is -0.354. The number of benzene rings is 2. The highest BCUT2D eigenvalue weighted by atomic mass is 16.2. The number of carbonyl (C=O) groups is 2. The van der Waals surface area contributed by atoms with E-state index in [0.717, 1.165) is 13.1 Å². The molecule has 0 spiro atoms. The summed E-state index contributed by atoms with van der Waals surface area (Å²) in [6.45, 7) is 2.50. The van der Waals surface area contributed by atoms with Crippen LogP contribution in [0.4, 0.5) is 5.69 Å². The molecule has 2 aromatic carbocycles. The second kappa shape index (κ2) is 8.87. The topological polar surface area (TPSA) is 77.0 Å². The molecule has 2 N–H and O–H groups in total. The van der Waals surface area contributed by atoms with Gasteiger partial charge in [-0.25, -0.2) is 5.01 Å². The molecule has 29 heavy (non-hydrogen) atoms. The van der Waals surface area contributed by atoms with Gasteiger partial charge >= 0.3 is 0 Å². The maximum Gasteiger partial charge on any atom is 0.288 e. The lowest BCUT2D eigenvalue weighted by Crippen LogP contribution is -2.56. The molecule has 1 saturated heterocycles. The molecule has 0 unspecified atom stereocenters. The lowest BCUT2D eigenvalue weighted by molar-refractivity contribution is -0.118. The highest BCUT2D eigenvalue weighted by Gasteiger charge is 2.28. The quantitative estimate of drug-likeness (QED) is 0.788. The predicted octanol–water partition coefficient (Wildman–Crippen LogP) is 1.89. The average molecular weight is 391 g/mol. The maximum atomic E-state index is 12.8. The van der Waals surface area contributed by atoms with Gasteiger partial charge in [-0.15, -0.1) is 0 Å². The minimum atomic E-state index is -0.307. The molecule has 2 aliphatic rings. The number of hydrogen-bond acceptors (Lipinski definition) is 5. The summed E-state index contributed by atoms with van der Waals surface area (Å²) in [5, 5.41) is 4.37. The zero-order valence-electron chi connectivity index (χ0n) is 16.3. The number of hydrazine groups is 1. The van der Waals surface area contributed by atoms with Crippen molar-refractivity contribution in [3.8, 4) is 0 Å². The number of carbonyl (C=O) groups excluding carboxylic acids is 2. The lowest BCUT2D eigenvalue weighted by atomic mass is 10.1. The van der Waals surface area contributed by atoms with E-state index in [9.17, 15) is 9.59 Å². The van der Waals surface area contributed by atoms with Gasteiger partial charge in [0.05, 0.1) is 11.7 Å². The molecule has 2 aliphatic heterocycles. The van der Waals surface area contributed by atoms with Crippen LogP contribution in [0.3, 0.4) is 0 Å². The van der Waals surface area contributed by atoms with Crippen LogP contribution in [0.15, 0.2) is 65.7 Å². The number of nitrogens with one attached hydrogen (secondary N) is 2. The van der Waals surface area contributed by atoms with Gasteiger partial charge in [0.1, 0.15) is 6.54 Å². The van der Waals surface area contributed by atoms with E-state index in [0.29, 0.717) is 12.2 Å². The Morgan fingerprint density at radius 1 is 1.03 bits per heavy atom. The van der Waals surface area contributed by atoms with Gasteiger partial charge < -0.3 is 5.32 Å². The molecule has 0 bridgehead atoms. The fourth-order valence-electron chi connectivity index (χ4n) is 3.79. The van der Waals surface area contributed by atoms with Crippen molar-refractivity contribution in [2.45, 2.75) is 18.9 Å². The maximum absolute atomic E-state index is 12.8. The minimum absolute atomic E-state index is 0.0567. The van der Waals surface area contributed by atoms with Crippen LogP contribution in [0.5, 0.6) is 0 Å². The van der Waals surface area contributed by atoms with Crippen molar-refractivity contribution in [1.82, 2.24) is 15.6 Å².